The highest BCUT2D eigenvalue weighted by atomic mass is 16.3. The first-order chi connectivity index (χ1) is 29.1. The van der Waals surface area contributed by atoms with E-state index in [0.717, 1.165) is 43.2 Å². The molecule has 0 fully saturated rings. The van der Waals surface area contributed by atoms with Crippen LogP contribution in [0.3, 0.4) is 0 Å². The first kappa shape index (κ1) is 53.1. The van der Waals surface area contributed by atoms with E-state index in [9.17, 15) is 5.11 Å². The lowest BCUT2D eigenvalue weighted by atomic mass is 9.82. The zero-order valence-electron chi connectivity index (χ0n) is 38.1. The van der Waals surface area contributed by atoms with E-state index in [4.69, 9.17) is 25.5 Å². The lowest BCUT2D eigenvalue weighted by Crippen LogP contribution is -2.14. The van der Waals surface area contributed by atoms with E-state index >= 15 is 0 Å². The first-order valence-electron chi connectivity index (χ1n) is 21.8. The van der Waals surface area contributed by atoms with Crippen LogP contribution in [0.5, 0.6) is 34.5 Å². The van der Waals surface area contributed by atoms with Crippen molar-refractivity contribution in [3.63, 3.8) is 0 Å². The van der Waals surface area contributed by atoms with E-state index < -0.39 is 0 Å². The molecule has 0 saturated heterocycles. The van der Waals surface area contributed by atoms with Gasteiger partial charge in [-0.1, -0.05) is 152 Å². The molecule has 0 radical (unpaired) electrons. The summed E-state index contributed by atoms with van der Waals surface area (Å²) in [5, 5.41) is 53.9. The summed E-state index contributed by atoms with van der Waals surface area (Å²) in [5.41, 5.74) is 7.30. The Bertz CT molecular complexity index is 1930. The third-order valence-corrected chi connectivity index (χ3v) is 9.96. The molecular weight excluding hydrogens is 757 g/mol. The van der Waals surface area contributed by atoms with Gasteiger partial charge in [0.2, 0.25) is 0 Å². The van der Waals surface area contributed by atoms with Gasteiger partial charge in [-0.2, -0.15) is 0 Å². The van der Waals surface area contributed by atoms with Crippen LogP contribution >= 0.6 is 0 Å². The fourth-order valence-electron chi connectivity index (χ4n) is 5.59. The standard InChI is InChI=1S/2C11H16O.C10H14O.C9H12O.C8H10O.C6H6O/c1-4-11(2,3)9-5-7-10(12)8-6-9;1-2-3-4-5-10-6-8-11(12)9-7-10;1-2-3-4-9-5-7-10(11)8-6-9;1-2-3-8-4-6-9(10)7-5-8;1-6-4-3-5-7(2)8(6)9;7-6-4-2-1-3-5-6/h5-8,12H,4H2,1-3H3;6-9,12H,2-5H2,1H3;5-8,11H,2-4H2,1H3;4-7,10H,2-3H2,1H3;3-5,9H,1-2H3;1-5,7H. The van der Waals surface area contributed by atoms with Crippen LogP contribution < -0.4 is 0 Å². The summed E-state index contributed by atoms with van der Waals surface area (Å²) < 4.78 is 0. The summed E-state index contributed by atoms with van der Waals surface area (Å²) >= 11 is 0. The molecule has 0 bridgehead atoms. The van der Waals surface area contributed by atoms with Gasteiger partial charge in [-0.3, -0.25) is 0 Å². The Labute approximate surface area is 367 Å². The van der Waals surface area contributed by atoms with Gasteiger partial charge in [0.15, 0.2) is 0 Å². The number of aromatic hydroxyl groups is 6. The van der Waals surface area contributed by atoms with Crippen molar-refractivity contribution >= 4 is 0 Å². The monoisotopic (exact) mass is 831 g/mol. The Balaban J connectivity index is 0.000000369. The topological polar surface area (TPSA) is 121 Å². The fourth-order valence-corrected chi connectivity index (χ4v) is 5.59. The highest BCUT2D eigenvalue weighted by Gasteiger charge is 2.17. The Hall–Kier alpha value is -5.88. The van der Waals surface area contributed by atoms with Crippen LogP contribution in [0.25, 0.3) is 0 Å². The zero-order chi connectivity index (χ0) is 45.5. The Morgan fingerprint density at radius 2 is 0.721 bits per heavy atom. The molecule has 61 heavy (non-hydrogen) atoms. The Morgan fingerprint density at radius 3 is 1.05 bits per heavy atom. The number of benzene rings is 6. The lowest BCUT2D eigenvalue weighted by Gasteiger charge is -2.22. The molecule has 0 heterocycles. The van der Waals surface area contributed by atoms with Crippen molar-refractivity contribution < 1.29 is 30.6 Å². The summed E-state index contributed by atoms with van der Waals surface area (Å²) in [4.78, 5) is 0. The molecule has 0 saturated carbocycles. The molecular formula is C55H74O6. The van der Waals surface area contributed by atoms with Gasteiger partial charge in [-0.25, -0.2) is 0 Å². The van der Waals surface area contributed by atoms with Crippen molar-refractivity contribution in [2.45, 2.75) is 125 Å². The third-order valence-electron chi connectivity index (χ3n) is 9.96. The van der Waals surface area contributed by atoms with Crippen molar-refractivity contribution in [1.29, 1.82) is 0 Å². The summed E-state index contributed by atoms with van der Waals surface area (Å²) in [6.07, 6.45) is 11.9. The number of rotatable bonds is 11. The maximum atomic E-state index is 9.21. The van der Waals surface area contributed by atoms with Crippen LogP contribution in [-0.4, -0.2) is 30.6 Å². The smallest absolute Gasteiger partial charge is 0.121 e. The molecule has 0 aliphatic rings. The van der Waals surface area contributed by atoms with Crippen molar-refractivity contribution in [1.82, 2.24) is 0 Å². The average molecular weight is 831 g/mol. The van der Waals surface area contributed by atoms with E-state index in [1.165, 1.54) is 54.4 Å². The van der Waals surface area contributed by atoms with Crippen LogP contribution in [-0.2, 0) is 24.7 Å². The van der Waals surface area contributed by atoms with E-state index in [1.54, 1.807) is 72.8 Å². The molecule has 0 aromatic heterocycles. The second-order valence-electron chi connectivity index (χ2n) is 15.7. The molecule has 6 aromatic rings. The van der Waals surface area contributed by atoms with Gasteiger partial charge < -0.3 is 30.6 Å². The summed E-state index contributed by atoms with van der Waals surface area (Å²) in [7, 11) is 0. The molecule has 6 rings (SSSR count). The fraction of sp³-hybridized carbons (Fsp3) is 0.345. The zero-order valence-corrected chi connectivity index (χ0v) is 38.1. The summed E-state index contributed by atoms with van der Waals surface area (Å²) in [6, 6.07) is 44.2. The Kier molecular flexibility index (Phi) is 27.1. The largest absolute Gasteiger partial charge is 0.508 e. The lowest BCUT2D eigenvalue weighted by molar-refractivity contribution is 0.467. The molecule has 6 heteroatoms. The number of aryl methyl sites for hydroxylation is 5. The minimum Gasteiger partial charge on any atom is -0.508 e. The second kappa shape index (κ2) is 31.1. The third kappa shape index (κ3) is 24.7. The van der Waals surface area contributed by atoms with Gasteiger partial charge >= 0.3 is 0 Å². The van der Waals surface area contributed by atoms with Crippen LogP contribution in [0.1, 0.15) is 120 Å². The minimum absolute atomic E-state index is 0.216. The molecule has 0 unspecified atom stereocenters. The molecule has 0 aliphatic heterocycles. The number of phenols is 6. The van der Waals surface area contributed by atoms with Crippen LogP contribution in [0.2, 0.25) is 0 Å². The quantitative estimate of drug-likeness (QED) is 0.0723. The van der Waals surface area contributed by atoms with Gasteiger partial charge in [0.25, 0.3) is 0 Å². The molecule has 0 aliphatic carbocycles. The van der Waals surface area contributed by atoms with Crippen molar-refractivity contribution in [2.24, 2.45) is 0 Å². The van der Waals surface area contributed by atoms with Gasteiger partial charge in [-0.05, 0) is 152 Å². The first-order valence-corrected chi connectivity index (χ1v) is 21.8. The Morgan fingerprint density at radius 1 is 0.361 bits per heavy atom. The highest BCUT2D eigenvalue weighted by molar-refractivity contribution is 5.38. The highest BCUT2D eigenvalue weighted by Crippen LogP contribution is 2.27. The SMILES string of the molecule is CCC(C)(C)c1ccc(O)cc1.CCCCCc1ccc(O)cc1.CCCCc1ccc(O)cc1.CCCc1ccc(O)cc1.Cc1cccc(C)c1O.Oc1ccccc1. The predicted octanol–water partition coefficient (Wildman–Crippen LogP) is 14.7. The molecule has 6 nitrogen and oxygen atoms in total. The summed E-state index contributed by atoms with van der Waals surface area (Å²) in [5.74, 6) is 2.13. The number of hydrogen-bond acceptors (Lipinski definition) is 6. The average Bonchev–Trinajstić information content (AvgIpc) is 3.26. The molecule has 6 N–H and O–H groups in total. The maximum Gasteiger partial charge on any atom is 0.121 e. The van der Waals surface area contributed by atoms with Gasteiger partial charge in [0, 0.05) is 0 Å². The van der Waals surface area contributed by atoms with Gasteiger partial charge in [0.1, 0.15) is 34.5 Å². The van der Waals surface area contributed by atoms with Gasteiger partial charge in [-0.15, -0.1) is 0 Å². The van der Waals surface area contributed by atoms with Crippen LogP contribution in [0.15, 0.2) is 146 Å². The summed E-state index contributed by atoms with van der Waals surface area (Å²) in [6.45, 7) is 16.9. The normalized spacial score (nSPS) is 10.0. The van der Waals surface area contributed by atoms with Crippen LogP contribution in [0, 0.1) is 13.8 Å². The number of phenolic OH excluding ortho intramolecular Hbond substituents is 6. The number of hydrogen-bond donors (Lipinski definition) is 6. The van der Waals surface area contributed by atoms with E-state index in [0.29, 0.717) is 34.5 Å². The van der Waals surface area contributed by atoms with Crippen LogP contribution in [0.4, 0.5) is 0 Å². The molecule has 330 valence electrons. The number of unbranched alkanes of at least 4 members (excludes halogenated alkanes) is 3. The van der Waals surface area contributed by atoms with E-state index in [1.807, 2.05) is 86.6 Å². The molecule has 6 aromatic carbocycles. The van der Waals surface area contributed by atoms with E-state index in [-0.39, 0.29) is 5.41 Å². The maximum absolute atomic E-state index is 9.21. The van der Waals surface area contributed by atoms with Gasteiger partial charge in [0.05, 0.1) is 0 Å². The van der Waals surface area contributed by atoms with E-state index in [2.05, 4.69) is 41.5 Å². The minimum atomic E-state index is 0.216. The predicted molar refractivity (Wildman–Crippen MR) is 257 cm³/mol. The van der Waals surface area contributed by atoms with Crippen molar-refractivity contribution in [3.05, 3.63) is 179 Å². The molecule has 0 amide bonds. The second-order valence-corrected chi connectivity index (χ2v) is 15.7. The molecule has 0 spiro atoms. The van der Waals surface area contributed by atoms with Crippen molar-refractivity contribution in [2.75, 3.05) is 0 Å². The number of para-hydroxylation sites is 2. The van der Waals surface area contributed by atoms with Crippen molar-refractivity contribution in [3.8, 4) is 34.5 Å². The molecule has 0 atom stereocenters.